The number of fused-ring (bicyclic) bond motifs is 7. The summed E-state index contributed by atoms with van der Waals surface area (Å²) in [6.07, 6.45) is -13.8. The Balaban J connectivity index is 0.921. The zero-order valence-electron chi connectivity index (χ0n) is 38.0. The van der Waals surface area contributed by atoms with Crippen LogP contribution in [0.15, 0.2) is 0 Å². The third-order valence-corrected chi connectivity index (χ3v) is 18.4. The molecule has 63 heavy (non-hydrogen) atoms. The Labute approximate surface area is 370 Å². The Hall–Kier alpha value is -0.680. The highest BCUT2D eigenvalue weighted by Crippen LogP contribution is 2.71. The van der Waals surface area contributed by atoms with Crippen LogP contribution >= 0.6 is 0 Å². The van der Waals surface area contributed by atoms with Gasteiger partial charge in [-0.3, -0.25) is 0 Å². The highest BCUT2D eigenvalue weighted by Gasteiger charge is 2.70. The minimum atomic E-state index is -1.71. The largest absolute Gasteiger partial charge is 0.393 e. The number of rotatable bonds is 8. The second-order valence-electron chi connectivity index (χ2n) is 21.9. The molecule has 0 amide bonds. The molecule has 0 unspecified atom stereocenters. The Bertz CT molecular complexity index is 1580. The summed E-state index contributed by atoms with van der Waals surface area (Å²) in [5.74, 6) is 2.02. The molecule has 9 rings (SSSR count). The van der Waals surface area contributed by atoms with Crippen LogP contribution in [-0.2, 0) is 42.6 Å². The maximum Gasteiger partial charge on any atom is 0.187 e. The number of methoxy groups -OCH3 is 1. The summed E-state index contributed by atoms with van der Waals surface area (Å²) in [4.78, 5) is 0. The molecule has 17 nitrogen and oxygen atoms in total. The van der Waals surface area contributed by atoms with Crippen LogP contribution in [0, 0.1) is 52.3 Å². The molecule has 28 atom stereocenters. The van der Waals surface area contributed by atoms with E-state index in [9.17, 15) is 40.9 Å². The van der Waals surface area contributed by atoms with Crippen molar-refractivity contribution >= 4 is 0 Å². The molecule has 0 radical (unpaired) electrons. The summed E-state index contributed by atoms with van der Waals surface area (Å²) >= 11 is 0. The summed E-state index contributed by atoms with van der Waals surface area (Å²) in [5, 5.41) is 88.1. The highest BCUT2D eigenvalue weighted by molar-refractivity contribution is 5.16. The third kappa shape index (κ3) is 7.90. The van der Waals surface area contributed by atoms with Crippen molar-refractivity contribution in [1.82, 2.24) is 0 Å². The van der Waals surface area contributed by atoms with Gasteiger partial charge in [0.15, 0.2) is 24.7 Å². The lowest BCUT2D eigenvalue weighted by Crippen LogP contribution is -2.67. The molecule has 0 aromatic carbocycles. The fourth-order valence-electron chi connectivity index (χ4n) is 14.8. The maximum absolute atomic E-state index is 12.2. The molecule has 5 aliphatic heterocycles. The minimum absolute atomic E-state index is 0.0627. The summed E-state index contributed by atoms with van der Waals surface area (Å²) in [7, 11) is 1.45. The van der Waals surface area contributed by atoms with Crippen LogP contribution in [0.5, 0.6) is 0 Å². The minimum Gasteiger partial charge on any atom is -0.393 e. The third-order valence-electron chi connectivity index (χ3n) is 18.4. The molecule has 0 aromatic rings. The molecule has 4 saturated carbocycles. The van der Waals surface area contributed by atoms with Crippen LogP contribution in [0.3, 0.4) is 0 Å². The first-order valence-corrected chi connectivity index (χ1v) is 24.0. The molecule has 17 heteroatoms. The lowest BCUT2D eigenvalue weighted by molar-refractivity contribution is -0.390. The molecule has 9 fully saturated rings. The van der Waals surface area contributed by atoms with E-state index in [0.29, 0.717) is 54.8 Å². The van der Waals surface area contributed by atoms with Gasteiger partial charge in [-0.1, -0.05) is 27.7 Å². The zero-order chi connectivity index (χ0) is 45.1. The summed E-state index contributed by atoms with van der Waals surface area (Å²) < 4.78 is 56.2. The first kappa shape index (κ1) is 47.4. The second kappa shape index (κ2) is 17.7. The Morgan fingerprint density at radius 1 is 0.587 bits per heavy atom. The van der Waals surface area contributed by atoms with Crippen LogP contribution in [0.2, 0.25) is 0 Å². The van der Waals surface area contributed by atoms with Gasteiger partial charge in [-0.2, -0.15) is 0 Å². The summed E-state index contributed by atoms with van der Waals surface area (Å²) in [5.41, 5.74) is -0.0257. The SMILES string of the molecule is COC[C@H]1O[C@@H](O[C@H]2CC[C@@]3(C)[C@H](C2)[C@@H](O)C[C@@H]2[C@@H]3CC[C@]3(C)[C@@H]4[C@H](C[C@@H]23)O[C@]2(CC[C@@H](C)CO2)[C@H]4C)[C@H](O[C@@H]2O[C@@H](C)[C@H](O)[C@@H](O)[C@H]2O)[C@@H](O)[C@@H]1O[C@@H]1O[C@@H](C)[C@H](O)[C@@H](O)[C@H]1O. The Morgan fingerprint density at radius 2 is 1.22 bits per heavy atom. The van der Waals surface area contributed by atoms with Gasteiger partial charge in [0.2, 0.25) is 0 Å². The van der Waals surface area contributed by atoms with Gasteiger partial charge < -0.3 is 83.5 Å². The van der Waals surface area contributed by atoms with E-state index in [2.05, 4.69) is 27.7 Å². The lowest BCUT2D eigenvalue weighted by Gasteiger charge is -2.62. The van der Waals surface area contributed by atoms with Crippen molar-refractivity contribution in [2.75, 3.05) is 20.3 Å². The van der Waals surface area contributed by atoms with Gasteiger partial charge in [0, 0.05) is 19.4 Å². The molecule has 0 aromatic heterocycles. The predicted octanol–water partition coefficient (Wildman–Crippen LogP) is 0.947. The smallest absolute Gasteiger partial charge is 0.187 e. The van der Waals surface area contributed by atoms with E-state index in [0.717, 1.165) is 45.1 Å². The molecule has 4 aliphatic carbocycles. The summed E-state index contributed by atoms with van der Waals surface area (Å²) in [6.45, 7) is 13.1. The van der Waals surface area contributed by atoms with Gasteiger partial charge in [0.25, 0.3) is 0 Å². The monoisotopic (exact) mass is 901 g/mol. The normalized spacial score (nSPS) is 59.4. The number of hydrogen-bond acceptors (Lipinski definition) is 17. The predicted molar refractivity (Wildman–Crippen MR) is 219 cm³/mol. The number of ether oxygens (including phenoxy) is 9. The van der Waals surface area contributed by atoms with Crippen molar-refractivity contribution in [3.8, 4) is 0 Å². The summed E-state index contributed by atoms with van der Waals surface area (Å²) in [6, 6.07) is 0. The van der Waals surface area contributed by atoms with E-state index in [1.807, 2.05) is 0 Å². The molecular weight excluding hydrogens is 824 g/mol. The molecule has 5 heterocycles. The quantitative estimate of drug-likeness (QED) is 0.158. The van der Waals surface area contributed by atoms with E-state index in [1.54, 1.807) is 0 Å². The van der Waals surface area contributed by atoms with Gasteiger partial charge in [0.05, 0.1) is 43.7 Å². The van der Waals surface area contributed by atoms with Crippen molar-refractivity contribution in [3.63, 3.8) is 0 Å². The van der Waals surface area contributed by atoms with Crippen LogP contribution in [0.4, 0.5) is 0 Å². The van der Waals surface area contributed by atoms with E-state index in [4.69, 9.17) is 42.6 Å². The second-order valence-corrected chi connectivity index (χ2v) is 21.9. The zero-order valence-corrected chi connectivity index (χ0v) is 38.0. The van der Waals surface area contributed by atoms with Crippen molar-refractivity contribution in [1.29, 1.82) is 0 Å². The molecule has 9 aliphatic rings. The fourth-order valence-corrected chi connectivity index (χ4v) is 14.8. The number of aliphatic hydroxyl groups excluding tert-OH is 8. The molecule has 1 spiro atoms. The van der Waals surface area contributed by atoms with Crippen LogP contribution in [0.1, 0.15) is 99.3 Å². The maximum atomic E-state index is 12.2. The van der Waals surface area contributed by atoms with Gasteiger partial charge >= 0.3 is 0 Å². The average molecular weight is 901 g/mol. The first-order valence-electron chi connectivity index (χ1n) is 24.0. The van der Waals surface area contributed by atoms with Crippen molar-refractivity contribution in [2.24, 2.45) is 52.3 Å². The van der Waals surface area contributed by atoms with Crippen LogP contribution in [-0.4, -0.2) is 177 Å². The van der Waals surface area contributed by atoms with Gasteiger partial charge in [-0.15, -0.1) is 0 Å². The Morgan fingerprint density at radius 3 is 1.84 bits per heavy atom. The Kier molecular flexibility index (Phi) is 13.3. The van der Waals surface area contributed by atoms with Crippen molar-refractivity contribution in [3.05, 3.63) is 0 Å². The fraction of sp³-hybridized carbons (Fsp3) is 1.00. The van der Waals surface area contributed by atoms with Crippen LogP contribution in [0.25, 0.3) is 0 Å². The van der Waals surface area contributed by atoms with Gasteiger partial charge in [-0.05, 0) is 112 Å². The van der Waals surface area contributed by atoms with E-state index in [1.165, 1.54) is 21.0 Å². The molecular formula is C46H76O17. The molecule has 8 N–H and O–H groups in total. The average Bonchev–Trinajstić information content (AvgIpc) is 3.70. The molecule has 0 bridgehead atoms. The molecule has 5 saturated heterocycles. The van der Waals surface area contributed by atoms with Crippen LogP contribution < -0.4 is 0 Å². The lowest BCUT2D eigenvalue weighted by atomic mass is 9.43. The van der Waals surface area contributed by atoms with Crippen molar-refractivity contribution in [2.45, 2.75) is 216 Å². The standard InChI is InChI=1S/C46H76O17/c1-19-8-13-46(56-17-19)20(2)31-29(63-46)16-26-24-15-28(47)27-14-23(9-11-44(27,5)25(24)10-12-45(26,31)6)59-43-40(62-42-37(53)35(51)33(49)22(4)58-42)38(54)39(30(60-43)18-55-7)61-41-36(52)34(50)32(48)21(3)57-41/h19-43,47-54H,8-18H2,1-7H3/t19-,20+,21+,22+,23+,24-,25+,26+,27-,28+,29+,30-,31+,32+,33+,34-,35-,36-,37-,38+,39-,40-,41+,42+,43-,44-,45+,46-/m1/s1. The highest BCUT2D eigenvalue weighted by atomic mass is 16.8. The number of aliphatic hydroxyl groups is 8. The topological polar surface area (TPSA) is 245 Å². The number of hydrogen-bond donors (Lipinski definition) is 8. The van der Waals surface area contributed by atoms with Crippen molar-refractivity contribution < 1.29 is 83.5 Å². The van der Waals surface area contributed by atoms with E-state index in [-0.39, 0.29) is 29.5 Å². The van der Waals surface area contributed by atoms with Gasteiger partial charge in [0.1, 0.15) is 61.0 Å². The van der Waals surface area contributed by atoms with Gasteiger partial charge in [-0.25, -0.2) is 0 Å². The first-order chi connectivity index (χ1) is 29.8. The van der Waals surface area contributed by atoms with E-state index >= 15 is 0 Å². The van der Waals surface area contributed by atoms with E-state index < -0.39 is 110 Å². The molecule has 362 valence electrons.